The Morgan fingerprint density at radius 3 is 2.54 bits per heavy atom. The standard InChI is InChI=1S/C28H37ClN6O4/c1-17-31-32-24(33(17)3)16-39-23-11-10-21(29)20-12-14-35(22(26(20)23)15-34-13-6-9-25(34)36)28(38)19-8-5-4-7-18(19)27(37)30-2/h10-11,18-19,22H,4-9,12-16H2,1-3H3,(H,30,37)/t18?,19?,22-/m1/s1. The average molecular weight is 557 g/mol. The molecule has 2 unspecified atom stereocenters. The number of rotatable bonds is 7. The summed E-state index contributed by atoms with van der Waals surface area (Å²) in [5, 5.41) is 11.7. The summed E-state index contributed by atoms with van der Waals surface area (Å²) in [6.45, 7) is 3.59. The number of benzene rings is 1. The second kappa shape index (κ2) is 11.5. The predicted molar refractivity (Wildman–Crippen MR) is 145 cm³/mol. The number of ether oxygens (including phenoxy) is 1. The highest BCUT2D eigenvalue weighted by Crippen LogP contribution is 2.43. The molecular formula is C28H37ClN6O4. The summed E-state index contributed by atoms with van der Waals surface area (Å²) >= 11 is 6.71. The van der Waals surface area contributed by atoms with Crippen molar-refractivity contribution in [1.82, 2.24) is 29.9 Å². The number of carbonyl (C=O) groups excluding carboxylic acids is 3. The Bertz CT molecular complexity index is 1260. The number of amides is 3. The molecule has 3 aliphatic rings. The highest BCUT2D eigenvalue weighted by Gasteiger charge is 2.43. The summed E-state index contributed by atoms with van der Waals surface area (Å²) in [7, 11) is 3.52. The third kappa shape index (κ3) is 5.35. The van der Waals surface area contributed by atoms with Crippen molar-refractivity contribution < 1.29 is 19.1 Å². The third-order valence-electron chi connectivity index (χ3n) is 8.63. The summed E-state index contributed by atoms with van der Waals surface area (Å²) in [6.07, 6.45) is 5.12. The zero-order valence-corrected chi connectivity index (χ0v) is 23.7. The lowest BCUT2D eigenvalue weighted by atomic mass is 9.77. The van der Waals surface area contributed by atoms with E-state index >= 15 is 0 Å². The van der Waals surface area contributed by atoms with E-state index in [0.717, 1.165) is 36.2 Å². The van der Waals surface area contributed by atoms with Crippen LogP contribution in [0.2, 0.25) is 5.02 Å². The van der Waals surface area contributed by atoms with Crippen molar-refractivity contribution in [2.75, 3.05) is 26.7 Å². The smallest absolute Gasteiger partial charge is 0.227 e. The Labute approximate surface area is 234 Å². The van der Waals surface area contributed by atoms with E-state index in [4.69, 9.17) is 16.3 Å². The van der Waals surface area contributed by atoms with E-state index in [-0.39, 0.29) is 36.2 Å². The van der Waals surface area contributed by atoms with Crippen LogP contribution in [0.1, 0.15) is 67.3 Å². The molecule has 0 spiro atoms. The molecule has 3 amide bonds. The molecule has 10 nitrogen and oxygen atoms in total. The molecule has 1 saturated heterocycles. The Kier molecular flexibility index (Phi) is 8.11. The van der Waals surface area contributed by atoms with E-state index in [1.165, 1.54) is 0 Å². The number of aryl methyl sites for hydroxylation is 1. The Morgan fingerprint density at radius 2 is 1.87 bits per heavy atom. The van der Waals surface area contributed by atoms with Crippen molar-refractivity contribution in [1.29, 1.82) is 0 Å². The lowest BCUT2D eigenvalue weighted by molar-refractivity contribution is -0.147. The Balaban J connectivity index is 1.51. The number of halogens is 1. The molecule has 1 aliphatic carbocycles. The van der Waals surface area contributed by atoms with Crippen molar-refractivity contribution in [3.8, 4) is 5.75 Å². The molecule has 39 heavy (non-hydrogen) atoms. The molecule has 210 valence electrons. The number of hydrogen-bond acceptors (Lipinski definition) is 6. The number of nitrogens with one attached hydrogen (secondary N) is 1. The van der Waals surface area contributed by atoms with Gasteiger partial charge in [-0.2, -0.15) is 0 Å². The summed E-state index contributed by atoms with van der Waals surface area (Å²) in [4.78, 5) is 43.4. The monoisotopic (exact) mass is 556 g/mol. The predicted octanol–water partition coefficient (Wildman–Crippen LogP) is 2.96. The topological polar surface area (TPSA) is 110 Å². The van der Waals surface area contributed by atoms with Gasteiger partial charge in [-0.1, -0.05) is 24.4 Å². The number of nitrogens with zero attached hydrogens (tertiary/aromatic N) is 5. The van der Waals surface area contributed by atoms with Gasteiger partial charge < -0.3 is 24.4 Å². The van der Waals surface area contributed by atoms with Gasteiger partial charge in [0.05, 0.1) is 6.04 Å². The molecule has 1 N–H and O–H groups in total. The quantitative estimate of drug-likeness (QED) is 0.561. The van der Waals surface area contributed by atoms with Crippen LogP contribution in [0.4, 0.5) is 0 Å². The molecule has 3 heterocycles. The van der Waals surface area contributed by atoms with Gasteiger partial charge >= 0.3 is 0 Å². The molecule has 2 aliphatic heterocycles. The number of hydrogen-bond donors (Lipinski definition) is 1. The molecule has 0 radical (unpaired) electrons. The van der Waals surface area contributed by atoms with Crippen LogP contribution in [0.5, 0.6) is 5.75 Å². The first kappa shape index (κ1) is 27.4. The van der Waals surface area contributed by atoms with E-state index in [1.807, 2.05) is 40.5 Å². The number of likely N-dealkylation sites (tertiary alicyclic amines) is 1. The number of aromatic nitrogens is 3. The summed E-state index contributed by atoms with van der Waals surface area (Å²) in [5.74, 6) is 1.34. The fourth-order valence-electron chi connectivity index (χ4n) is 6.32. The van der Waals surface area contributed by atoms with Gasteiger partial charge in [-0.3, -0.25) is 14.4 Å². The minimum atomic E-state index is -0.425. The van der Waals surface area contributed by atoms with Crippen LogP contribution in [0.15, 0.2) is 12.1 Å². The van der Waals surface area contributed by atoms with Gasteiger partial charge in [0.1, 0.15) is 18.2 Å². The maximum absolute atomic E-state index is 14.2. The fourth-order valence-corrected chi connectivity index (χ4v) is 6.58. The lowest BCUT2D eigenvalue weighted by Gasteiger charge is -2.43. The first-order valence-electron chi connectivity index (χ1n) is 13.9. The maximum atomic E-state index is 14.2. The fraction of sp³-hybridized carbons (Fsp3) is 0.607. The summed E-state index contributed by atoms with van der Waals surface area (Å²) in [6, 6.07) is 3.24. The van der Waals surface area contributed by atoms with Gasteiger partial charge in [0.2, 0.25) is 17.7 Å². The minimum absolute atomic E-state index is 0.0274. The average Bonchev–Trinajstić information content (AvgIpc) is 3.51. The van der Waals surface area contributed by atoms with E-state index < -0.39 is 6.04 Å². The van der Waals surface area contributed by atoms with E-state index in [0.29, 0.717) is 61.9 Å². The van der Waals surface area contributed by atoms with Gasteiger partial charge in [0.25, 0.3) is 0 Å². The molecule has 1 aromatic heterocycles. The van der Waals surface area contributed by atoms with Gasteiger partial charge in [-0.15, -0.1) is 10.2 Å². The van der Waals surface area contributed by atoms with Gasteiger partial charge in [0.15, 0.2) is 5.82 Å². The van der Waals surface area contributed by atoms with Crippen LogP contribution in [-0.4, -0.2) is 69.0 Å². The molecule has 2 fully saturated rings. The van der Waals surface area contributed by atoms with Crippen LogP contribution < -0.4 is 10.1 Å². The molecule has 11 heteroatoms. The van der Waals surface area contributed by atoms with Crippen LogP contribution in [0.25, 0.3) is 0 Å². The zero-order chi connectivity index (χ0) is 27.7. The lowest BCUT2D eigenvalue weighted by Crippen LogP contribution is -2.50. The molecule has 3 atom stereocenters. The summed E-state index contributed by atoms with van der Waals surface area (Å²) in [5.41, 5.74) is 1.78. The Morgan fingerprint density at radius 1 is 1.10 bits per heavy atom. The highest BCUT2D eigenvalue weighted by molar-refractivity contribution is 6.31. The zero-order valence-electron chi connectivity index (χ0n) is 22.9. The molecule has 0 bridgehead atoms. The van der Waals surface area contributed by atoms with E-state index in [1.54, 1.807) is 7.05 Å². The van der Waals surface area contributed by atoms with Crippen molar-refractivity contribution in [2.45, 2.75) is 64.5 Å². The largest absolute Gasteiger partial charge is 0.485 e. The van der Waals surface area contributed by atoms with Crippen molar-refractivity contribution >= 4 is 29.3 Å². The first-order valence-corrected chi connectivity index (χ1v) is 14.3. The third-order valence-corrected chi connectivity index (χ3v) is 8.98. The van der Waals surface area contributed by atoms with E-state index in [2.05, 4.69) is 15.5 Å². The van der Waals surface area contributed by atoms with Crippen LogP contribution in [0, 0.1) is 18.8 Å². The molecular weight excluding hydrogens is 520 g/mol. The summed E-state index contributed by atoms with van der Waals surface area (Å²) < 4.78 is 8.20. The highest BCUT2D eigenvalue weighted by atomic mass is 35.5. The molecule has 1 aromatic carbocycles. The van der Waals surface area contributed by atoms with Crippen LogP contribution in [-0.2, 0) is 34.5 Å². The molecule has 5 rings (SSSR count). The molecule has 1 saturated carbocycles. The minimum Gasteiger partial charge on any atom is -0.485 e. The first-order chi connectivity index (χ1) is 18.8. The number of carbonyl (C=O) groups is 3. The van der Waals surface area contributed by atoms with Crippen LogP contribution >= 0.6 is 11.6 Å². The van der Waals surface area contributed by atoms with Crippen molar-refractivity contribution in [3.63, 3.8) is 0 Å². The van der Waals surface area contributed by atoms with Crippen LogP contribution in [0.3, 0.4) is 0 Å². The van der Waals surface area contributed by atoms with Crippen molar-refractivity contribution in [2.24, 2.45) is 18.9 Å². The second-order valence-electron chi connectivity index (χ2n) is 10.8. The van der Waals surface area contributed by atoms with Gasteiger partial charge in [-0.05, 0) is 50.3 Å². The Hall–Kier alpha value is -3.14. The maximum Gasteiger partial charge on any atom is 0.227 e. The normalized spacial score (nSPS) is 23.1. The van der Waals surface area contributed by atoms with Crippen molar-refractivity contribution in [3.05, 3.63) is 39.9 Å². The van der Waals surface area contributed by atoms with Gasteiger partial charge in [0, 0.05) is 62.6 Å². The second-order valence-corrected chi connectivity index (χ2v) is 11.2. The van der Waals surface area contributed by atoms with E-state index in [9.17, 15) is 14.4 Å². The SMILES string of the molecule is CNC(=O)C1CCCCC1C(=O)N1CCc2c(Cl)ccc(OCc3nnc(C)n3C)c2[C@H]1CN1CCCC1=O. The molecule has 2 aromatic rings. The number of fused-ring (bicyclic) bond motifs is 1. The van der Waals surface area contributed by atoms with Gasteiger partial charge in [-0.25, -0.2) is 0 Å².